The molecule has 5 aromatic carbocycles. The number of likely N-dealkylation sites (tertiary alicyclic amines) is 1. The highest BCUT2D eigenvalue weighted by molar-refractivity contribution is 6.08. The molecule has 0 spiro atoms. The van der Waals surface area contributed by atoms with E-state index in [0.29, 0.717) is 34.8 Å². The third-order valence-corrected chi connectivity index (χ3v) is 8.90. The van der Waals surface area contributed by atoms with Crippen molar-refractivity contribution in [3.05, 3.63) is 161 Å². The average Bonchev–Trinajstić information content (AvgIpc) is 3.12. The van der Waals surface area contributed by atoms with Crippen molar-refractivity contribution in [1.82, 2.24) is 10.2 Å². The van der Waals surface area contributed by atoms with Crippen LogP contribution in [0, 0.1) is 0 Å². The topological polar surface area (TPSA) is 61.4 Å². The van der Waals surface area contributed by atoms with Gasteiger partial charge in [-0.15, -0.1) is 0 Å². The summed E-state index contributed by atoms with van der Waals surface area (Å²) in [6.45, 7) is 2.01. The number of rotatable bonds is 9. The van der Waals surface area contributed by atoms with Crippen LogP contribution in [0.3, 0.4) is 0 Å². The predicted molar refractivity (Wildman–Crippen MR) is 182 cm³/mol. The summed E-state index contributed by atoms with van der Waals surface area (Å²) in [5.74, 6) is -0.0391. The summed E-state index contributed by atoms with van der Waals surface area (Å²) in [4.78, 5) is 29.1. The molecule has 0 aromatic heterocycles. The van der Waals surface area contributed by atoms with Crippen LogP contribution in [0.2, 0.25) is 0 Å². The van der Waals surface area contributed by atoms with E-state index in [0.717, 1.165) is 49.2 Å². The van der Waals surface area contributed by atoms with Crippen LogP contribution >= 0.6 is 0 Å². The molecule has 0 aliphatic carbocycles. The van der Waals surface area contributed by atoms with Crippen LogP contribution in [0.1, 0.15) is 57.4 Å². The van der Waals surface area contributed by atoms with Crippen molar-refractivity contribution in [3.63, 3.8) is 0 Å². The van der Waals surface area contributed by atoms with Crippen LogP contribution in [-0.4, -0.2) is 29.8 Å². The van der Waals surface area contributed by atoms with E-state index in [-0.39, 0.29) is 17.9 Å². The molecule has 6 rings (SSSR count). The highest BCUT2D eigenvalue weighted by atomic mass is 19.4. The molecule has 5 nitrogen and oxygen atoms in total. The molecule has 0 bridgehead atoms. The first-order chi connectivity index (χ1) is 23.3. The Hall–Kier alpha value is -5.21. The minimum absolute atomic E-state index is 0.0107. The summed E-state index contributed by atoms with van der Waals surface area (Å²) in [5, 5.41) is 6.07. The van der Waals surface area contributed by atoms with Crippen molar-refractivity contribution in [2.45, 2.75) is 37.5 Å². The maximum absolute atomic E-state index is 13.5. The predicted octanol–water partition coefficient (Wildman–Crippen LogP) is 8.86. The number of piperidine rings is 1. The SMILES string of the molecule is O=C(Nc1ccc(C2CCN(C(C(=O)NCc3ccccc3)c3ccccc3)CC2)cc1)c1ccccc1-c1ccc(C(F)(F)F)cc1. The molecule has 1 aliphatic rings. The molecule has 0 radical (unpaired) electrons. The number of anilines is 1. The molecule has 1 unspecified atom stereocenters. The van der Waals surface area contributed by atoms with E-state index >= 15 is 0 Å². The van der Waals surface area contributed by atoms with Crippen molar-refractivity contribution in [3.8, 4) is 11.1 Å². The minimum Gasteiger partial charge on any atom is -0.350 e. The molecular weight excluding hydrogens is 611 g/mol. The molecule has 2 amide bonds. The van der Waals surface area contributed by atoms with E-state index in [1.165, 1.54) is 17.7 Å². The monoisotopic (exact) mass is 647 g/mol. The molecule has 0 saturated carbocycles. The number of hydrogen-bond acceptors (Lipinski definition) is 3. The Morgan fingerprint density at radius 1 is 0.729 bits per heavy atom. The Kier molecular flexibility index (Phi) is 10.0. The fraction of sp³-hybridized carbons (Fsp3) is 0.200. The number of nitrogens with one attached hydrogen (secondary N) is 2. The standard InChI is InChI=1S/C40H36F3N3O2/c41-40(42,43)33-19-15-31(16-20-33)35-13-7-8-14-36(35)38(47)45-34-21-17-29(18-22-34)30-23-25-46(26-24-30)37(32-11-5-2-6-12-32)39(48)44-27-28-9-3-1-4-10-28/h1-22,30,37H,23-27H2,(H,44,48)(H,45,47). The number of amides is 2. The van der Waals surface area contributed by atoms with E-state index in [2.05, 4.69) is 15.5 Å². The van der Waals surface area contributed by atoms with Gasteiger partial charge in [-0.1, -0.05) is 103 Å². The Morgan fingerprint density at radius 2 is 1.33 bits per heavy atom. The van der Waals surface area contributed by atoms with Gasteiger partial charge >= 0.3 is 6.18 Å². The number of alkyl halides is 3. The zero-order valence-corrected chi connectivity index (χ0v) is 26.3. The first-order valence-electron chi connectivity index (χ1n) is 16.0. The van der Waals surface area contributed by atoms with E-state index in [1.807, 2.05) is 84.9 Å². The van der Waals surface area contributed by atoms with E-state index in [1.54, 1.807) is 24.3 Å². The molecule has 5 aromatic rings. The second-order valence-corrected chi connectivity index (χ2v) is 12.0. The Bertz CT molecular complexity index is 1820. The zero-order valence-electron chi connectivity index (χ0n) is 26.3. The van der Waals surface area contributed by atoms with E-state index in [9.17, 15) is 22.8 Å². The Balaban J connectivity index is 1.08. The van der Waals surface area contributed by atoms with Crippen molar-refractivity contribution in [2.24, 2.45) is 0 Å². The van der Waals surface area contributed by atoms with Crippen molar-refractivity contribution in [1.29, 1.82) is 0 Å². The van der Waals surface area contributed by atoms with Gasteiger partial charge in [-0.3, -0.25) is 14.5 Å². The zero-order chi connectivity index (χ0) is 33.5. The normalized spacial score (nSPS) is 14.6. The lowest BCUT2D eigenvalue weighted by Gasteiger charge is -2.37. The summed E-state index contributed by atoms with van der Waals surface area (Å²) in [5.41, 5.74) is 4.54. The highest BCUT2D eigenvalue weighted by Crippen LogP contribution is 2.34. The van der Waals surface area contributed by atoms with Gasteiger partial charge in [0.05, 0.1) is 5.56 Å². The molecule has 2 N–H and O–H groups in total. The van der Waals surface area contributed by atoms with Crippen LogP contribution in [-0.2, 0) is 17.5 Å². The number of halogens is 3. The number of nitrogens with zero attached hydrogens (tertiary/aromatic N) is 1. The van der Waals surface area contributed by atoms with Crippen molar-refractivity contribution in [2.75, 3.05) is 18.4 Å². The van der Waals surface area contributed by atoms with Crippen molar-refractivity contribution >= 4 is 17.5 Å². The van der Waals surface area contributed by atoms with Crippen LogP contribution in [0.4, 0.5) is 18.9 Å². The fourth-order valence-electron chi connectivity index (χ4n) is 6.34. The lowest BCUT2D eigenvalue weighted by molar-refractivity contribution is -0.137. The molecular formula is C40H36F3N3O2. The van der Waals surface area contributed by atoms with Crippen LogP contribution < -0.4 is 10.6 Å². The van der Waals surface area contributed by atoms with Crippen LogP contribution in [0.5, 0.6) is 0 Å². The molecule has 1 saturated heterocycles. The first-order valence-corrected chi connectivity index (χ1v) is 16.0. The van der Waals surface area contributed by atoms with Gasteiger partial charge in [0.1, 0.15) is 6.04 Å². The van der Waals surface area contributed by atoms with Gasteiger partial charge < -0.3 is 10.6 Å². The summed E-state index contributed by atoms with van der Waals surface area (Å²) in [6.07, 6.45) is -2.65. The summed E-state index contributed by atoms with van der Waals surface area (Å²) in [6, 6.07) is 38.9. The first kappa shape index (κ1) is 32.7. The van der Waals surface area contributed by atoms with Gasteiger partial charge in [0.25, 0.3) is 5.91 Å². The highest BCUT2D eigenvalue weighted by Gasteiger charge is 2.32. The minimum atomic E-state index is -4.43. The number of hydrogen-bond donors (Lipinski definition) is 2. The third kappa shape index (κ3) is 7.83. The fourth-order valence-corrected chi connectivity index (χ4v) is 6.34. The van der Waals surface area contributed by atoms with E-state index < -0.39 is 11.7 Å². The maximum atomic E-state index is 13.5. The second kappa shape index (κ2) is 14.7. The molecule has 244 valence electrons. The molecule has 1 aliphatic heterocycles. The Labute approximate surface area is 278 Å². The molecule has 8 heteroatoms. The molecule has 1 fully saturated rings. The largest absolute Gasteiger partial charge is 0.416 e. The van der Waals surface area contributed by atoms with Gasteiger partial charge in [-0.05, 0) is 90.0 Å². The Morgan fingerprint density at radius 3 is 1.98 bits per heavy atom. The third-order valence-electron chi connectivity index (χ3n) is 8.90. The van der Waals surface area contributed by atoms with Crippen LogP contribution in [0.25, 0.3) is 11.1 Å². The summed E-state index contributed by atoms with van der Waals surface area (Å²) in [7, 11) is 0. The number of benzene rings is 5. The van der Waals surface area contributed by atoms with Gasteiger partial charge in [0, 0.05) is 17.8 Å². The summed E-state index contributed by atoms with van der Waals surface area (Å²) < 4.78 is 39.2. The number of carbonyl (C=O) groups is 2. The summed E-state index contributed by atoms with van der Waals surface area (Å²) >= 11 is 0. The van der Waals surface area contributed by atoms with Gasteiger partial charge in [0.15, 0.2) is 0 Å². The average molecular weight is 648 g/mol. The van der Waals surface area contributed by atoms with Gasteiger partial charge in [-0.2, -0.15) is 13.2 Å². The lowest BCUT2D eigenvalue weighted by Crippen LogP contribution is -2.43. The van der Waals surface area contributed by atoms with Crippen molar-refractivity contribution < 1.29 is 22.8 Å². The second-order valence-electron chi connectivity index (χ2n) is 12.0. The number of carbonyl (C=O) groups excluding carboxylic acids is 2. The van der Waals surface area contributed by atoms with Crippen LogP contribution in [0.15, 0.2) is 133 Å². The van der Waals surface area contributed by atoms with Gasteiger partial charge in [0.2, 0.25) is 5.91 Å². The van der Waals surface area contributed by atoms with Gasteiger partial charge in [-0.25, -0.2) is 0 Å². The molecule has 48 heavy (non-hydrogen) atoms. The molecule has 1 atom stereocenters. The quantitative estimate of drug-likeness (QED) is 0.168. The lowest BCUT2D eigenvalue weighted by atomic mass is 9.88. The molecule has 1 heterocycles. The van der Waals surface area contributed by atoms with E-state index in [4.69, 9.17) is 0 Å². The maximum Gasteiger partial charge on any atom is 0.416 e. The smallest absolute Gasteiger partial charge is 0.350 e.